The van der Waals surface area contributed by atoms with Crippen LogP contribution in [0.5, 0.6) is 0 Å². The maximum atomic E-state index is 11.6. The molecule has 5 nitrogen and oxygen atoms in total. The van der Waals surface area contributed by atoms with E-state index in [1.54, 1.807) is 0 Å². The van der Waals surface area contributed by atoms with E-state index in [-0.39, 0.29) is 24.3 Å². The molecule has 1 amide bonds. The van der Waals surface area contributed by atoms with Crippen LogP contribution >= 0.6 is 0 Å². The van der Waals surface area contributed by atoms with Crippen LogP contribution in [0.2, 0.25) is 0 Å². The summed E-state index contributed by atoms with van der Waals surface area (Å²) in [5, 5.41) is 8.72. The molecule has 0 fully saturated rings. The molecule has 0 aromatic heterocycles. The molecule has 0 saturated carbocycles. The second-order valence-corrected chi connectivity index (χ2v) is 4.13. The highest BCUT2D eigenvalue weighted by Crippen LogP contribution is 2.07. The number of hydrogen-bond donors (Lipinski definition) is 2. The Morgan fingerprint density at radius 1 is 1.33 bits per heavy atom. The molecule has 0 rings (SSSR count). The SMILES string of the molecule is CC(C)C(N)CC(=O)N(C)C(C)C(=O)O. The third-order valence-electron chi connectivity index (χ3n) is 2.60. The number of nitrogens with two attached hydrogens (primary N) is 1. The third kappa shape index (κ3) is 4.29. The minimum atomic E-state index is -1.01. The average Bonchev–Trinajstić information content (AvgIpc) is 2.14. The van der Waals surface area contributed by atoms with Gasteiger partial charge < -0.3 is 15.7 Å². The first-order chi connectivity index (χ1) is 6.77. The van der Waals surface area contributed by atoms with Crippen LogP contribution in [0.3, 0.4) is 0 Å². The van der Waals surface area contributed by atoms with Gasteiger partial charge in [0.2, 0.25) is 5.91 Å². The predicted octanol–water partition coefficient (Wildman–Crippen LogP) is 0.291. The number of likely N-dealkylation sites (N-methyl/N-ethyl adjacent to an activating group) is 1. The number of carboxylic acids is 1. The fourth-order valence-electron chi connectivity index (χ4n) is 0.963. The number of carbonyl (C=O) groups excluding carboxylic acids is 1. The van der Waals surface area contributed by atoms with Crippen LogP contribution in [0, 0.1) is 5.92 Å². The van der Waals surface area contributed by atoms with Gasteiger partial charge in [0.25, 0.3) is 0 Å². The highest BCUT2D eigenvalue weighted by molar-refractivity contribution is 5.83. The lowest BCUT2D eigenvalue weighted by atomic mass is 10.0. The van der Waals surface area contributed by atoms with Gasteiger partial charge in [0.05, 0.1) is 0 Å². The number of carboxylic acid groups (broad SMARTS) is 1. The van der Waals surface area contributed by atoms with E-state index < -0.39 is 12.0 Å². The van der Waals surface area contributed by atoms with Crippen molar-refractivity contribution in [3.63, 3.8) is 0 Å². The maximum absolute atomic E-state index is 11.6. The van der Waals surface area contributed by atoms with Gasteiger partial charge in [-0.15, -0.1) is 0 Å². The molecule has 2 unspecified atom stereocenters. The van der Waals surface area contributed by atoms with Gasteiger partial charge in [-0.1, -0.05) is 13.8 Å². The molecule has 88 valence electrons. The molecule has 5 heteroatoms. The average molecular weight is 216 g/mol. The smallest absolute Gasteiger partial charge is 0.326 e. The zero-order valence-corrected chi connectivity index (χ0v) is 9.73. The second kappa shape index (κ2) is 5.70. The molecule has 0 saturated heterocycles. The van der Waals surface area contributed by atoms with Crippen LogP contribution in [0.4, 0.5) is 0 Å². The molecule has 0 heterocycles. The van der Waals surface area contributed by atoms with E-state index in [0.717, 1.165) is 0 Å². The van der Waals surface area contributed by atoms with Gasteiger partial charge >= 0.3 is 5.97 Å². The van der Waals surface area contributed by atoms with Crippen molar-refractivity contribution in [3.8, 4) is 0 Å². The number of aliphatic carboxylic acids is 1. The van der Waals surface area contributed by atoms with Crippen molar-refractivity contribution in [2.24, 2.45) is 11.7 Å². The number of nitrogens with zero attached hydrogens (tertiary/aromatic N) is 1. The van der Waals surface area contributed by atoms with Gasteiger partial charge in [-0.25, -0.2) is 4.79 Å². The van der Waals surface area contributed by atoms with Gasteiger partial charge in [-0.05, 0) is 12.8 Å². The van der Waals surface area contributed by atoms with Crippen molar-refractivity contribution in [2.75, 3.05) is 7.05 Å². The van der Waals surface area contributed by atoms with Crippen molar-refractivity contribution >= 4 is 11.9 Å². The third-order valence-corrected chi connectivity index (χ3v) is 2.60. The van der Waals surface area contributed by atoms with E-state index >= 15 is 0 Å². The van der Waals surface area contributed by atoms with Gasteiger partial charge in [0.1, 0.15) is 6.04 Å². The van der Waals surface area contributed by atoms with Gasteiger partial charge in [-0.2, -0.15) is 0 Å². The fourth-order valence-corrected chi connectivity index (χ4v) is 0.963. The summed E-state index contributed by atoms with van der Waals surface area (Å²) in [4.78, 5) is 23.4. The topological polar surface area (TPSA) is 83.6 Å². The van der Waals surface area contributed by atoms with Crippen molar-refractivity contribution in [1.29, 1.82) is 0 Å². The first-order valence-corrected chi connectivity index (χ1v) is 5.01. The second-order valence-electron chi connectivity index (χ2n) is 4.13. The number of rotatable bonds is 5. The molecule has 0 aliphatic heterocycles. The van der Waals surface area contributed by atoms with Gasteiger partial charge in [0.15, 0.2) is 0 Å². The van der Waals surface area contributed by atoms with Crippen LogP contribution in [-0.4, -0.2) is 41.0 Å². The molecule has 2 atom stereocenters. The Bertz CT molecular complexity index is 241. The molecule has 0 spiro atoms. The van der Waals surface area contributed by atoms with E-state index in [2.05, 4.69) is 0 Å². The maximum Gasteiger partial charge on any atom is 0.326 e. The lowest BCUT2D eigenvalue weighted by Crippen LogP contribution is -2.43. The van der Waals surface area contributed by atoms with E-state index in [0.29, 0.717) is 0 Å². The van der Waals surface area contributed by atoms with Crippen molar-refractivity contribution in [1.82, 2.24) is 4.90 Å². The molecular formula is C10H20N2O3. The minimum absolute atomic E-state index is 0.186. The van der Waals surface area contributed by atoms with Crippen molar-refractivity contribution in [3.05, 3.63) is 0 Å². The Kier molecular flexibility index (Phi) is 5.28. The summed E-state index contributed by atoms with van der Waals surface area (Å²) in [5.41, 5.74) is 5.74. The van der Waals surface area contributed by atoms with Crippen LogP contribution < -0.4 is 5.73 Å². The first kappa shape index (κ1) is 13.9. The van der Waals surface area contributed by atoms with Crippen LogP contribution in [-0.2, 0) is 9.59 Å². The highest BCUT2D eigenvalue weighted by atomic mass is 16.4. The largest absolute Gasteiger partial charge is 0.480 e. The van der Waals surface area contributed by atoms with Crippen LogP contribution in [0.25, 0.3) is 0 Å². The zero-order valence-electron chi connectivity index (χ0n) is 9.73. The molecule has 15 heavy (non-hydrogen) atoms. The van der Waals surface area contributed by atoms with Gasteiger partial charge in [0, 0.05) is 19.5 Å². The highest BCUT2D eigenvalue weighted by Gasteiger charge is 2.23. The summed E-state index contributed by atoms with van der Waals surface area (Å²) in [6.45, 7) is 5.33. The van der Waals surface area contributed by atoms with Crippen LogP contribution in [0.1, 0.15) is 27.2 Å². The Hall–Kier alpha value is -1.10. The molecular weight excluding hydrogens is 196 g/mol. The van der Waals surface area contributed by atoms with Crippen LogP contribution in [0.15, 0.2) is 0 Å². The molecule has 0 aliphatic rings. The van der Waals surface area contributed by atoms with E-state index in [4.69, 9.17) is 10.8 Å². The first-order valence-electron chi connectivity index (χ1n) is 5.01. The van der Waals surface area contributed by atoms with Crippen molar-refractivity contribution < 1.29 is 14.7 Å². The number of amides is 1. The number of hydrogen-bond acceptors (Lipinski definition) is 3. The fraction of sp³-hybridized carbons (Fsp3) is 0.800. The predicted molar refractivity (Wildman–Crippen MR) is 57.3 cm³/mol. The van der Waals surface area contributed by atoms with E-state index in [1.165, 1.54) is 18.9 Å². The zero-order chi connectivity index (χ0) is 12.2. The lowest BCUT2D eigenvalue weighted by Gasteiger charge is -2.24. The Morgan fingerprint density at radius 2 is 1.80 bits per heavy atom. The summed E-state index contributed by atoms with van der Waals surface area (Å²) < 4.78 is 0. The summed E-state index contributed by atoms with van der Waals surface area (Å²) >= 11 is 0. The molecule has 0 aromatic rings. The standard InChI is InChI=1S/C10H20N2O3/c1-6(2)8(11)5-9(13)12(4)7(3)10(14)15/h6-8H,5,11H2,1-4H3,(H,14,15). The molecule has 0 bridgehead atoms. The van der Waals surface area contributed by atoms with Gasteiger partial charge in [-0.3, -0.25) is 4.79 Å². The van der Waals surface area contributed by atoms with E-state index in [1.807, 2.05) is 13.8 Å². The molecule has 0 aliphatic carbocycles. The van der Waals surface area contributed by atoms with E-state index in [9.17, 15) is 9.59 Å². The summed E-state index contributed by atoms with van der Waals surface area (Å²) in [6, 6.07) is -1.03. The Balaban J connectivity index is 4.27. The molecule has 3 N–H and O–H groups in total. The monoisotopic (exact) mass is 216 g/mol. The summed E-state index contributed by atoms with van der Waals surface area (Å²) in [7, 11) is 1.48. The normalized spacial score (nSPS) is 14.8. The quantitative estimate of drug-likeness (QED) is 0.692. The summed E-state index contributed by atoms with van der Waals surface area (Å²) in [6.07, 6.45) is 0.186. The Labute approximate surface area is 90.2 Å². The molecule has 0 aromatic carbocycles. The minimum Gasteiger partial charge on any atom is -0.480 e. The summed E-state index contributed by atoms with van der Waals surface area (Å²) in [5.74, 6) is -1.03. The Morgan fingerprint density at radius 3 is 2.13 bits per heavy atom. The van der Waals surface area contributed by atoms with Crippen molar-refractivity contribution in [2.45, 2.75) is 39.3 Å². The lowest BCUT2D eigenvalue weighted by molar-refractivity contribution is -0.148. The number of carbonyl (C=O) groups is 2. The molecule has 0 radical (unpaired) electrons.